The minimum Gasteiger partial charge on any atom is -0.135 e. The SMILES string of the molecule is Cc1ccc(-c2cc3cc4sc5cc6cc(C)c(C)cc6cc5c4cc3cc2C)cc1. The van der Waals surface area contributed by atoms with Crippen LogP contribution in [0, 0.1) is 27.7 Å². The standard InChI is InChI=1S/C30H24S/c1-17-5-7-21(8-6-17)26-12-25-16-30-28(14-23(25)11-20(26)4)27-13-22-9-18(2)19(3)10-24(22)15-29(27)31-30/h5-16H,1-4H3. The highest BCUT2D eigenvalue weighted by atomic mass is 32.1. The Morgan fingerprint density at radius 1 is 0.484 bits per heavy atom. The molecule has 6 aromatic rings. The van der Waals surface area contributed by atoms with Crippen LogP contribution in [0.5, 0.6) is 0 Å². The quantitative estimate of drug-likeness (QED) is 0.250. The van der Waals surface area contributed by atoms with E-state index in [0.717, 1.165) is 0 Å². The Morgan fingerprint density at radius 2 is 0.968 bits per heavy atom. The molecule has 5 aromatic carbocycles. The first-order valence-corrected chi connectivity index (χ1v) is 11.7. The maximum atomic E-state index is 2.39. The van der Waals surface area contributed by atoms with Crippen LogP contribution in [-0.4, -0.2) is 0 Å². The fourth-order valence-electron chi connectivity index (χ4n) is 4.75. The Morgan fingerprint density at radius 3 is 1.55 bits per heavy atom. The van der Waals surface area contributed by atoms with Gasteiger partial charge in [0.25, 0.3) is 0 Å². The number of hydrogen-bond donors (Lipinski definition) is 0. The van der Waals surface area contributed by atoms with Gasteiger partial charge in [0.05, 0.1) is 0 Å². The van der Waals surface area contributed by atoms with Gasteiger partial charge in [-0.05, 0) is 107 Å². The third-order valence-electron chi connectivity index (χ3n) is 6.71. The summed E-state index contributed by atoms with van der Waals surface area (Å²) in [6.07, 6.45) is 0. The molecule has 0 spiro atoms. The van der Waals surface area contributed by atoms with Crippen molar-refractivity contribution in [3.05, 3.63) is 95.1 Å². The lowest BCUT2D eigenvalue weighted by atomic mass is 9.95. The molecule has 1 heteroatoms. The fraction of sp³-hybridized carbons (Fsp3) is 0.133. The summed E-state index contributed by atoms with van der Waals surface area (Å²) in [6.45, 7) is 8.77. The summed E-state index contributed by atoms with van der Waals surface area (Å²) >= 11 is 1.91. The molecule has 0 radical (unpaired) electrons. The number of benzene rings is 5. The summed E-state index contributed by atoms with van der Waals surface area (Å²) in [5, 5.41) is 8.05. The molecule has 150 valence electrons. The van der Waals surface area contributed by atoms with Crippen molar-refractivity contribution in [2.45, 2.75) is 27.7 Å². The van der Waals surface area contributed by atoms with Crippen molar-refractivity contribution >= 4 is 53.1 Å². The molecule has 0 unspecified atom stereocenters. The lowest BCUT2D eigenvalue weighted by Crippen LogP contribution is -1.85. The van der Waals surface area contributed by atoms with Crippen molar-refractivity contribution in [3.8, 4) is 11.1 Å². The molecule has 0 bridgehead atoms. The van der Waals surface area contributed by atoms with Crippen LogP contribution in [0.2, 0.25) is 0 Å². The van der Waals surface area contributed by atoms with Crippen molar-refractivity contribution < 1.29 is 0 Å². The largest absolute Gasteiger partial charge is 0.135 e. The minimum absolute atomic E-state index is 1.29. The zero-order valence-electron chi connectivity index (χ0n) is 18.3. The Balaban J connectivity index is 1.61. The molecule has 31 heavy (non-hydrogen) atoms. The maximum Gasteiger partial charge on any atom is 0.0361 e. The van der Waals surface area contributed by atoms with Gasteiger partial charge in [0.2, 0.25) is 0 Å². The van der Waals surface area contributed by atoms with Crippen molar-refractivity contribution in [1.82, 2.24) is 0 Å². The van der Waals surface area contributed by atoms with Gasteiger partial charge < -0.3 is 0 Å². The molecule has 0 fully saturated rings. The third kappa shape index (κ3) is 2.96. The summed E-state index contributed by atoms with van der Waals surface area (Å²) in [5.74, 6) is 0. The predicted molar refractivity (Wildman–Crippen MR) is 139 cm³/mol. The summed E-state index contributed by atoms with van der Waals surface area (Å²) in [4.78, 5) is 0. The Bertz CT molecular complexity index is 1650. The lowest BCUT2D eigenvalue weighted by Gasteiger charge is -2.10. The molecule has 0 saturated heterocycles. The predicted octanol–water partition coefficient (Wildman–Crippen LogP) is 9.26. The molecule has 1 aromatic heterocycles. The first kappa shape index (κ1) is 18.6. The molecular weight excluding hydrogens is 392 g/mol. The van der Waals surface area contributed by atoms with Gasteiger partial charge in [-0.3, -0.25) is 0 Å². The van der Waals surface area contributed by atoms with E-state index < -0.39 is 0 Å². The molecule has 6 rings (SSSR count). The van der Waals surface area contributed by atoms with Gasteiger partial charge in [-0.1, -0.05) is 48.0 Å². The zero-order chi connectivity index (χ0) is 21.3. The number of aryl methyl sites for hydroxylation is 4. The molecular formula is C30H24S. The fourth-order valence-corrected chi connectivity index (χ4v) is 5.92. The van der Waals surface area contributed by atoms with E-state index in [9.17, 15) is 0 Å². The second kappa shape index (κ2) is 6.67. The number of fused-ring (bicyclic) bond motifs is 5. The molecule has 0 aliphatic rings. The highest BCUT2D eigenvalue weighted by Crippen LogP contribution is 2.40. The highest BCUT2D eigenvalue weighted by Gasteiger charge is 2.11. The molecule has 1 heterocycles. The second-order valence-corrected chi connectivity index (χ2v) is 10.0. The van der Waals surface area contributed by atoms with E-state index in [0.29, 0.717) is 0 Å². The Kier molecular flexibility index (Phi) is 4.00. The smallest absolute Gasteiger partial charge is 0.0361 e. The molecule has 0 nitrogen and oxygen atoms in total. The number of thiophene rings is 1. The van der Waals surface area contributed by atoms with Crippen molar-refractivity contribution in [2.75, 3.05) is 0 Å². The van der Waals surface area contributed by atoms with E-state index in [-0.39, 0.29) is 0 Å². The normalized spacial score (nSPS) is 11.9. The van der Waals surface area contributed by atoms with Crippen LogP contribution in [0.4, 0.5) is 0 Å². The summed E-state index contributed by atoms with van der Waals surface area (Å²) < 4.78 is 2.74. The van der Waals surface area contributed by atoms with Crippen LogP contribution in [0.3, 0.4) is 0 Å². The van der Waals surface area contributed by atoms with E-state index >= 15 is 0 Å². The van der Waals surface area contributed by atoms with Crippen LogP contribution in [0.25, 0.3) is 52.8 Å². The van der Waals surface area contributed by atoms with Crippen LogP contribution >= 0.6 is 11.3 Å². The topological polar surface area (TPSA) is 0 Å². The average Bonchev–Trinajstić information content (AvgIpc) is 3.08. The minimum atomic E-state index is 1.29. The molecule has 0 atom stereocenters. The lowest BCUT2D eigenvalue weighted by molar-refractivity contribution is 1.37. The van der Waals surface area contributed by atoms with Gasteiger partial charge in [0, 0.05) is 20.2 Å². The summed E-state index contributed by atoms with van der Waals surface area (Å²) in [5.41, 5.74) is 7.95. The van der Waals surface area contributed by atoms with Gasteiger partial charge in [0.1, 0.15) is 0 Å². The van der Waals surface area contributed by atoms with Crippen LogP contribution in [0.1, 0.15) is 22.3 Å². The van der Waals surface area contributed by atoms with E-state index in [4.69, 9.17) is 0 Å². The Hall–Kier alpha value is -3.16. The van der Waals surface area contributed by atoms with E-state index in [2.05, 4.69) is 100 Å². The maximum absolute atomic E-state index is 2.39. The van der Waals surface area contributed by atoms with Gasteiger partial charge in [0.15, 0.2) is 0 Å². The molecule has 0 aliphatic heterocycles. The molecule has 0 aliphatic carbocycles. The average molecular weight is 417 g/mol. The van der Waals surface area contributed by atoms with Crippen LogP contribution in [0.15, 0.2) is 72.8 Å². The van der Waals surface area contributed by atoms with Gasteiger partial charge >= 0.3 is 0 Å². The van der Waals surface area contributed by atoms with Gasteiger partial charge in [-0.15, -0.1) is 11.3 Å². The Labute approximate surface area is 186 Å². The van der Waals surface area contributed by atoms with Gasteiger partial charge in [-0.2, -0.15) is 0 Å². The van der Waals surface area contributed by atoms with Crippen molar-refractivity contribution in [3.63, 3.8) is 0 Å². The summed E-state index contributed by atoms with van der Waals surface area (Å²) in [7, 11) is 0. The molecule has 0 saturated carbocycles. The highest BCUT2D eigenvalue weighted by molar-refractivity contribution is 7.26. The first-order valence-electron chi connectivity index (χ1n) is 10.8. The molecule has 0 amide bonds. The van der Waals surface area contributed by atoms with Crippen molar-refractivity contribution in [1.29, 1.82) is 0 Å². The van der Waals surface area contributed by atoms with Crippen LogP contribution in [-0.2, 0) is 0 Å². The second-order valence-electron chi connectivity index (χ2n) is 8.96. The zero-order valence-corrected chi connectivity index (χ0v) is 19.2. The third-order valence-corrected chi connectivity index (χ3v) is 7.82. The van der Waals surface area contributed by atoms with Crippen LogP contribution < -0.4 is 0 Å². The van der Waals surface area contributed by atoms with Gasteiger partial charge in [-0.25, -0.2) is 0 Å². The van der Waals surface area contributed by atoms with E-state index in [1.165, 1.54) is 75.1 Å². The van der Waals surface area contributed by atoms with Crippen molar-refractivity contribution in [2.24, 2.45) is 0 Å². The van der Waals surface area contributed by atoms with E-state index in [1.54, 1.807) is 0 Å². The number of rotatable bonds is 1. The monoisotopic (exact) mass is 416 g/mol. The molecule has 0 N–H and O–H groups in total. The number of hydrogen-bond acceptors (Lipinski definition) is 1. The summed E-state index contributed by atoms with van der Waals surface area (Å²) in [6, 6.07) is 27.7. The first-order chi connectivity index (χ1) is 15.0. The van der Waals surface area contributed by atoms with E-state index in [1.807, 2.05) is 11.3 Å².